The number of nitrogens with zero attached hydrogens (tertiary/aromatic N) is 2. The molecule has 234 valence electrons. The maximum atomic E-state index is 9.00. The number of benzene rings is 8. The maximum Gasteiger partial charge on any atom is 0.0629 e. The molecule has 50 heavy (non-hydrogen) atoms. The Bertz CT molecular complexity index is 3240. The number of para-hydroxylation sites is 3. The van der Waals surface area contributed by atoms with E-state index in [4.69, 9.17) is 13.7 Å². The molecule has 0 aliphatic rings. The molecule has 0 aliphatic carbocycles. The molecule has 0 unspecified atom stereocenters. The lowest BCUT2D eigenvalue weighted by Crippen LogP contribution is -1.95. The average molecular weight is 647 g/mol. The highest BCUT2D eigenvalue weighted by Crippen LogP contribution is 2.43. The lowest BCUT2D eigenvalue weighted by atomic mass is 9.87. The van der Waals surface area contributed by atoms with E-state index in [0.29, 0.717) is 11.1 Å². The number of hydrogen-bond acceptors (Lipinski definition) is 0. The van der Waals surface area contributed by atoms with Gasteiger partial charge in [-0.15, -0.1) is 0 Å². The molecule has 2 aromatic heterocycles. The fourth-order valence-electron chi connectivity index (χ4n) is 7.41. The highest BCUT2D eigenvalue weighted by Gasteiger charge is 2.19. The van der Waals surface area contributed by atoms with Crippen molar-refractivity contribution in [1.82, 2.24) is 9.13 Å². The largest absolute Gasteiger partial charge is 0.309 e. The average Bonchev–Trinajstić information content (AvgIpc) is 3.79. The van der Waals surface area contributed by atoms with E-state index in [2.05, 4.69) is 51.6 Å². The Morgan fingerprint density at radius 1 is 0.340 bits per heavy atom. The molecule has 0 N–H and O–H groups in total. The molecule has 0 amide bonds. The van der Waals surface area contributed by atoms with Gasteiger partial charge in [0.15, 0.2) is 0 Å². The molecule has 0 bridgehead atoms. The molecule has 0 atom stereocenters. The van der Waals surface area contributed by atoms with Crippen molar-refractivity contribution < 1.29 is 13.7 Å². The number of fused-ring (bicyclic) bond motifs is 6. The van der Waals surface area contributed by atoms with E-state index in [1.807, 2.05) is 72.8 Å². The molecule has 10 aromatic rings. The van der Waals surface area contributed by atoms with E-state index >= 15 is 0 Å². The third-order valence-electron chi connectivity index (χ3n) is 9.49. The van der Waals surface area contributed by atoms with Crippen molar-refractivity contribution in [3.8, 4) is 44.8 Å². The maximum absolute atomic E-state index is 9.00. The second-order valence-electron chi connectivity index (χ2n) is 12.2. The molecular weight excluding hydrogens is 605 g/mol. The van der Waals surface area contributed by atoms with Gasteiger partial charge in [-0.25, -0.2) is 0 Å². The molecule has 2 heterocycles. The zero-order chi connectivity index (χ0) is 41.7. The summed E-state index contributed by atoms with van der Waals surface area (Å²) in [6.07, 6.45) is 0. The van der Waals surface area contributed by atoms with Gasteiger partial charge in [-0.05, 0) is 88.0 Å². The van der Waals surface area contributed by atoms with Crippen molar-refractivity contribution in [2.45, 2.75) is 0 Å². The lowest BCUT2D eigenvalue weighted by molar-refractivity contribution is 1.17. The van der Waals surface area contributed by atoms with E-state index in [1.165, 1.54) is 0 Å². The summed E-state index contributed by atoms with van der Waals surface area (Å²) in [5.41, 5.74) is 7.11. The molecule has 0 aliphatic heterocycles. The van der Waals surface area contributed by atoms with Gasteiger partial charge in [0, 0.05) is 32.9 Å². The fourth-order valence-corrected chi connectivity index (χ4v) is 7.41. The molecule has 0 saturated heterocycles. The first-order valence-corrected chi connectivity index (χ1v) is 16.4. The van der Waals surface area contributed by atoms with E-state index < -0.39 is 60.4 Å². The minimum absolute atomic E-state index is 0.0642. The minimum Gasteiger partial charge on any atom is -0.309 e. The summed E-state index contributed by atoms with van der Waals surface area (Å²) in [5.74, 6) is 0. The molecular formula is C48H32N2. The summed E-state index contributed by atoms with van der Waals surface area (Å²) in [6, 6.07) is 39.0. The molecule has 0 saturated carbocycles. The van der Waals surface area contributed by atoms with Gasteiger partial charge in [0.1, 0.15) is 0 Å². The SMILES string of the molecule is [2H]c1c([2H])c([2H])c(-c2cccc(-c3c([2H])c([2H])c([2H])c([2H])c3[2H])c2-c2ccc3c(c2)c2cc(-n4c5ccccc5c5ccccc54)ccc2n3-c2ccccc2)c([2H])c1[2H]. The topological polar surface area (TPSA) is 9.86 Å². The predicted octanol–water partition coefficient (Wildman–Crippen LogP) is 12.9. The van der Waals surface area contributed by atoms with Crippen molar-refractivity contribution in [2.24, 2.45) is 0 Å². The van der Waals surface area contributed by atoms with Crippen molar-refractivity contribution >= 4 is 43.6 Å². The molecule has 2 heteroatoms. The molecule has 0 fully saturated rings. The highest BCUT2D eigenvalue weighted by molar-refractivity contribution is 6.13. The van der Waals surface area contributed by atoms with Crippen molar-refractivity contribution in [3.05, 3.63) is 194 Å². The summed E-state index contributed by atoms with van der Waals surface area (Å²) in [6.45, 7) is 0. The van der Waals surface area contributed by atoms with Crippen LogP contribution in [0.2, 0.25) is 0 Å². The zero-order valence-corrected chi connectivity index (χ0v) is 26.6. The quantitative estimate of drug-likeness (QED) is 0.176. The number of hydrogen-bond donors (Lipinski definition) is 0. The third kappa shape index (κ3) is 4.43. The van der Waals surface area contributed by atoms with Gasteiger partial charge in [0.05, 0.1) is 35.8 Å². The summed E-state index contributed by atoms with van der Waals surface area (Å²) in [7, 11) is 0. The van der Waals surface area contributed by atoms with Crippen LogP contribution in [0.1, 0.15) is 13.7 Å². The second-order valence-corrected chi connectivity index (χ2v) is 12.2. The lowest BCUT2D eigenvalue weighted by Gasteiger charge is -2.17. The molecule has 10 rings (SSSR count). The molecule has 0 spiro atoms. The summed E-state index contributed by atoms with van der Waals surface area (Å²) >= 11 is 0. The van der Waals surface area contributed by atoms with E-state index in [9.17, 15) is 0 Å². The molecule has 2 nitrogen and oxygen atoms in total. The monoisotopic (exact) mass is 646 g/mol. The Balaban J connectivity index is 1.33. The summed E-state index contributed by atoms with van der Waals surface area (Å²) in [5, 5.41) is 4.02. The highest BCUT2D eigenvalue weighted by atomic mass is 15.0. The van der Waals surface area contributed by atoms with Crippen molar-refractivity contribution in [1.29, 1.82) is 0 Å². The van der Waals surface area contributed by atoms with Gasteiger partial charge >= 0.3 is 0 Å². The van der Waals surface area contributed by atoms with Crippen LogP contribution >= 0.6 is 0 Å². The normalized spacial score (nSPS) is 14.4. The fraction of sp³-hybridized carbons (Fsp3) is 0. The smallest absolute Gasteiger partial charge is 0.0629 e. The van der Waals surface area contributed by atoms with Crippen LogP contribution in [0.3, 0.4) is 0 Å². The number of aromatic nitrogens is 2. The second kappa shape index (κ2) is 11.5. The minimum atomic E-state index is -0.536. The zero-order valence-electron chi connectivity index (χ0n) is 36.6. The van der Waals surface area contributed by atoms with Gasteiger partial charge < -0.3 is 9.13 Å². The first kappa shape index (κ1) is 20.0. The van der Waals surface area contributed by atoms with Crippen molar-refractivity contribution in [3.63, 3.8) is 0 Å². The van der Waals surface area contributed by atoms with Crippen LogP contribution in [0.25, 0.3) is 88.4 Å². The van der Waals surface area contributed by atoms with Gasteiger partial charge in [-0.1, -0.05) is 139 Å². The predicted molar refractivity (Wildman–Crippen MR) is 211 cm³/mol. The standard InChI is InChI=1S/C48H32N2/c1-4-15-33(16-5-1)38-23-14-24-39(34-17-6-2-7-18-34)48(38)35-27-29-46-42(31-35)43-32-37(28-30-47(43)49(46)36-19-8-3-9-20-36)50-44-25-12-10-21-40(44)41-22-11-13-26-45(41)50/h1-32H/i1D,2D,4D,5D,6D,7D,15D,16D,17D,18D. The Morgan fingerprint density at radius 2 is 0.840 bits per heavy atom. The van der Waals surface area contributed by atoms with E-state index in [-0.39, 0.29) is 22.3 Å². The van der Waals surface area contributed by atoms with Crippen LogP contribution in [0.5, 0.6) is 0 Å². The van der Waals surface area contributed by atoms with Crippen molar-refractivity contribution in [2.75, 3.05) is 0 Å². The van der Waals surface area contributed by atoms with Crippen LogP contribution in [-0.2, 0) is 0 Å². The Hall–Kier alpha value is -6.64. The van der Waals surface area contributed by atoms with E-state index in [1.54, 1.807) is 18.2 Å². The first-order chi connectivity index (χ1) is 29.0. The Labute approximate surface area is 304 Å². The van der Waals surface area contributed by atoms with Crippen LogP contribution < -0.4 is 0 Å². The van der Waals surface area contributed by atoms with Crippen LogP contribution in [0, 0.1) is 0 Å². The first-order valence-electron chi connectivity index (χ1n) is 21.4. The summed E-state index contributed by atoms with van der Waals surface area (Å²) < 4.78 is 91.2. The van der Waals surface area contributed by atoms with Gasteiger partial charge in [-0.3, -0.25) is 0 Å². The third-order valence-corrected chi connectivity index (χ3v) is 9.49. The Morgan fingerprint density at radius 3 is 1.46 bits per heavy atom. The van der Waals surface area contributed by atoms with Crippen LogP contribution in [0.15, 0.2) is 194 Å². The van der Waals surface area contributed by atoms with Gasteiger partial charge in [0.25, 0.3) is 0 Å². The van der Waals surface area contributed by atoms with Gasteiger partial charge in [0.2, 0.25) is 0 Å². The van der Waals surface area contributed by atoms with Crippen LogP contribution in [0.4, 0.5) is 0 Å². The van der Waals surface area contributed by atoms with Gasteiger partial charge in [-0.2, -0.15) is 0 Å². The Kier molecular flexibility index (Phi) is 4.60. The summed E-state index contributed by atoms with van der Waals surface area (Å²) in [4.78, 5) is 0. The molecule has 0 radical (unpaired) electrons. The van der Waals surface area contributed by atoms with Crippen LogP contribution in [-0.4, -0.2) is 9.13 Å². The molecule has 8 aromatic carbocycles. The van der Waals surface area contributed by atoms with E-state index in [0.717, 1.165) is 55.0 Å². The number of rotatable bonds is 5.